The lowest BCUT2D eigenvalue weighted by molar-refractivity contribution is 0.167. The molecule has 5 heteroatoms. The number of hydrogen-bond donors (Lipinski definition) is 0. The lowest BCUT2D eigenvalue weighted by Gasteiger charge is -2.32. The maximum absolute atomic E-state index is 4.48. The molecule has 0 aliphatic carbocycles. The van der Waals surface area contributed by atoms with Crippen LogP contribution in [0.4, 0.5) is 0 Å². The highest BCUT2D eigenvalue weighted by molar-refractivity contribution is 5.49. The van der Waals surface area contributed by atoms with Crippen LogP contribution in [0, 0.1) is 11.8 Å². The SMILES string of the molecule is CC(C)CN1CCC(Cc2cc(-c3nccn3C)ncn2)CC1. The Bertz CT molecular complexity index is 626. The van der Waals surface area contributed by atoms with E-state index in [2.05, 4.69) is 39.8 Å². The minimum Gasteiger partial charge on any atom is -0.333 e. The third-order valence-electron chi connectivity index (χ3n) is 4.60. The molecular formula is C18H27N5. The first-order chi connectivity index (χ1) is 11.1. The van der Waals surface area contributed by atoms with E-state index < -0.39 is 0 Å². The number of aromatic nitrogens is 4. The molecule has 1 saturated heterocycles. The largest absolute Gasteiger partial charge is 0.333 e. The van der Waals surface area contributed by atoms with Crippen molar-refractivity contribution in [3.05, 3.63) is 30.5 Å². The predicted octanol–water partition coefficient (Wildman–Crippen LogP) is 2.79. The third-order valence-corrected chi connectivity index (χ3v) is 4.60. The molecule has 1 aliphatic rings. The molecule has 3 heterocycles. The van der Waals surface area contributed by atoms with Gasteiger partial charge in [-0.05, 0) is 50.3 Å². The minimum atomic E-state index is 0.738. The van der Waals surface area contributed by atoms with Crippen LogP contribution in [0.5, 0.6) is 0 Å². The van der Waals surface area contributed by atoms with Gasteiger partial charge in [0.05, 0.1) is 0 Å². The normalized spacial score (nSPS) is 17.0. The molecule has 0 amide bonds. The molecule has 124 valence electrons. The summed E-state index contributed by atoms with van der Waals surface area (Å²) in [4.78, 5) is 15.8. The summed E-state index contributed by atoms with van der Waals surface area (Å²) in [6.07, 6.45) is 9.02. The fourth-order valence-corrected chi connectivity index (χ4v) is 3.43. The van der Waals surface area contributed by atoms with E-state index in [0.717, 1.165) is 35.5 Å². The molecule has 0 saturated carbocycles. The van der Waals surface area contributed by atoms with Gasteiger partial charge in [-0.2, -0.15) is 0 Å². The zero-order valence-electron chi connectivity index (χ0n) is 14.4. The van der Waals surface area contributed by atoms with Gasteiger partial charge in [-0.25, -0.2) is 15.0 Å². The van der Waals surface area contributed by atoms with Gasteiger partial charge < -0.3 is 9.47 Å². The molecule has 23 heavy (non-hydrogen) atoms. The van der Waals surface area contributed by atoms with Crippen LogP contribution >= 0.6 is 0 Å². The maximum atomic E-state index is 4.48. The Kier molecular flexibility index (Phi) is 5.06. The van der Waals surface area contributed by atoms with Crippen LogP contribution in [-0.2, 0) is 13.5 Å². The van der Waals surface area contributed by atoms with E-state index in [1.165, 1.54) is 32.5 Å². The highest BCUT2D eigenvalue weighted by atomic mass is 15.1. The smallest absolute Gasteiger partial charge is 0.158 e. The highest BCUT2D eigenvalue weighted by Crippen LogP contribution is 2.23. The summed E-state index contributed by atoms with van der Waals surface area (Å²) in [5.74, 6) is 2.40. The molecule has 0 unspecified atom stereocenters. The summed E-state index contributed by atoms with van der Waals surface area (Å²) >= 11 is 0. The quantitative estimate of drug-likeness (QED) is 0.851. The van der Waals surface area contributed by atoms with Crippen molar-refractivity contribution in [3.63, 3.8) is 0 Å². The summed E-state index contributed by atoms with van der Waals surface area (Å²) in [5, 5.41) is 0. The molecule has 0 aromatic carbocycles. The maximum Gasteiger partial charge on any atom is 0.158 e. The topological polar surface area (TPSA) is 46.8 Å². The van der Waals surface area contributed by atoms with Crippen molar-refractivity contribution in [2.45, 2.75) is 33.1 Å². The Balaban J connectivity index is 1.60. The second-order valence-electron chi connectivity index (χ2n) is 7.10. The van der Waals surface area contributed by atoms with E-state index in [1.807, 2.05) is 24.0 Å². The van der Waals surface area contributed by atoms with Crippen molar-refractivity contribution in [1.82, 2.24) is 24.4 Å². The number of imidazole rings is 1. The van der Waals surface area contributed by atoms with Crippen LogP contribution in [-0.4, -0.2) is 44.1 Å². The van der Waals surface area contributed by atoms with Crippen LogP contribution in [0.15, 0.2) is 24.8 Å². The fraction of sp³-hybridized carbons (Fsp3) is 0.611. The second-order valence-corrected chi connectivity index (χ2v) is 7.10. The van der Waals surface area contributed by atoms with Crippen molar-refractivity contribution in [2.75, 3.05) is 19.6 Å². The average Bonchev–Trinajstić information content (AvgIpc) is 2.95. The summed E-state index contributed by atoms with van der Waals surface area (Å²) < 4.78 is 2.00. The Morgan fingerprint density at radius 2 is 1.96 bits per heavy atom. The van der Waals surface area contributed by atoms with Gasteiger partial charge in [-0.15, -0.1) is 0 Å². The van der Waals surface area contributed by atoms with E-state index in [9.17, 15) is 0 Å². The van der Waals surface area contributed by atoms with Crippen LogP contribution in [0.3, 0.4) is 0 Å². The molecule has 0 radical (unpaired) electrons. The monoisotopic (exact) mass is 313 g/mol. The third kappa shape index (κ3) is 4.16. The van der Waals surface area contributed by atoms with Crippen molar-refractivity contribution < 1.29 is 0 Å². The number of likely N-dealkylation sites (tertiary alicyclic amines) is 1. The van der Waals surface area contributed by atoms with E-state index in [4.69, 9.17) is 0 Å². The zero-order valence-corrected chi connectivity index (χ0v) is 14.4. The molecule has 5 nitrogen and oxygen atoms in total. The first-order valence-electron chi connectivity index (χ1n) is 8.63. The van der Waals surface area contributed by atoms with Gasteiger partial charge in [0.25, 0.3) is 0 Å². The highest BCUT2D eigenvalue weighted by Gasteiger charge is 2.20. The lowest BCUT2D eigenvalue weighted by atomic mass is 9.91. The van der Waals surface area contributed by atoms with E-state index in [0.29, 0.717) is 0 Å². The van der Waals surface area contributed by atoms with E-state index >= 15 is 0 Å². The minimum absolute atomic E-state index is 0.738. The van der Waals surface area contributed by atoms with Crippen LogP contribution < -0.4 is 0 Å². The standard InChI is InChI=1S/C18H27N5/c1-14(2)12-23-7-4-15(5-8-23)10-16-11-17(21-13-20-16)18-19-6-9-22(18)3/h6,9,11,13-15H,4-5,7-8,10,12H2,1-3H3. The van der Waals surface area contributed by atoms with Gasteiger partial charge >= 0.3 is 0 Å². The van der Waals surface area contributed by atoms with Gasteiger partial charge in [-0.1, -0.05) is 13.8 Å². The van der Waals surface area contributed by atoms with Gasteiger partial charge in [0.15, 0.2) is 5.82 Å². The van der Waals surface area contributed by atoms with Gasteiger partial charge in [0, 0.05) is 31.7 Å². The van der Waals surface area contributed by atoms with Crippen LogP contribution in [0.2, 0.25) is 0 Å². The summed E-state index contributed by atoms with van der Waals surface area (Å²) in [5.41, 5.74) is 2.06. The molecule has 2 aromatic heterocycles. The molecular weight excluding hydrogens is 286 g/mol. The van der Waals surface area contributed by atoms with Crippen LogP contribution in [0.25, 0.3) is 11.5 Å². The zero-order chi connectivity index (χ0) is 16.2. The van der Waals surface area contributed by atoms with Crippen molar-refractivity contribution in [1.29, 1.82) is 0 Å². The first kappa shape index (κ1) is 16.1. The molecule has 0 bridgehead atoms. The van der Waals surface area contributed by atoms with Gasteiger partial charge in [0.2, 0.25) is 0 Å². The summed E-state index contributed by atoms with van der Waals surface area (Å²) in [7, 11) is 1.99. The fourth-order valence-electron chi connectivity index (χ4n) is 3.43. The lowest BCUT2D eigenvalue weighted by Crippen LogP contribution is -2.36. The number of piperidine rings is 1. The van der Waals surface area contributed by atoms with Crippen LogP contribution in [0.1, 0.15) is 32.4 Å². The summed E-state index contributed by atoms with van der Waals surface area (Å²) in [6.45, 7) is 8.27. The Morgan fingerprint density at radius 1 is 1.17 bits per heavy atom. The summed E-state index contributed by atoms with van der Waals surface area (Å²) in [6, 6.07) is 2.10. The Morgan fingerprint density at radius 3 is 2.61 bits per heavy atom. The Hall–Kier alpha value is -1.75. The predicted molar refractivity (Wildman–Crippen MR) is 91.9 cm³/mol. The van der Waals surface area contributed by atoms with Crippen molar-refractivity contribution >= 4 is 0 Å². The number of rotatable bonds is 5. The molecule has 0 atom stereocenters. The first-order valence-corrected chi connectivity index (χ1v) is 8.63. The van der Waals surface area contributed by atoms with E-state index in [1.54, 1.807) is 6.33 Å². The average molecular weight is 313 g/mol. The molecule has 1 aliphatic heterocycles. The molecule has 0 spiro atoms. The van der Waals surface area contributed by atoms with Crippen molar-refractivity contribution in [3.8, 4) is 11.5 Å². The van der Waals surface area contributed by atoms with E-state index in [-0.39, 0.29) is 0 Å². The number of aryl methyl sites for hydroxylation is 1. The molecule has 0 N–H and O–H groups in total. The number of nitrogens with zero attached hydrogens (tertiary/aromatic N) is 5. The van der Waals surface area contributed by atoms with Gasteiger partial charge in [0.1, 0.15) is 12.0 Å². The Labute approximate surface area is 138 Å². The molecule has 2 aromatic rings. The second kappa shape index (κ2) is 7.21. The molecule has 1 fully saturated rings. The van der Waals surface area contributed by atoms with Crippen molar-refractivity contribution in [2.24, 2.45) is 18.9 Å². The number of hydrogen-bond acceptors (Lipinski definition) is 4. The van der Waals surface area contributed by atoms with Gasteiger partial charge in [-0.3, -0.25) is 0 Å². The molecule has 3 rings (SSSR count).